The largest absolute Gasteiger partial charge is 0.458 e. The highest BCUT2D eigenvalue weighted by atomic mass is 35.5. The van der Waals surface area contributed by atoms with Crippen LogP contribution in [0.2, 0.25) is 0 Å². The molecule has 19 nitrogen and oxygen atoms in total. The number of alkyl halides is 6. The number of carbonyl (C=O) groups is 10. The summed E-state index contributed by atoms with van der Waals surface area (Å²) in [5.41, 5.74) is -13.5. The molecule has 12 saturated carbocycles. The summed E-state index contributed by atoms with van der Waals surface area (Å²) in [4.78, 5) is 123. The van der Waals surface area contributed by atoms with Crippen LogP contribution in [0.5, 0.6) is 0 Å². The number of rotatable bonds is 12. The molecule has 0 amide bonds. The van der Waals surface area contributed by atoms with Gasteiger partial charge in [-0.2, -0.15) is 0 Å². The number of aliphatic hydroxyl groups is 5. The fourth-order valence-electron chi connectivity index (χ4n) is 31.0. The number of allylic oxidation sites excluding steroid dienone is 13. The molecular formula is C97H128ClF5O19. The normalized spacial score (nSPS) is 49.5. The van der Waals surface area contributed by atoms with Gasteiger partial charge >= 0.3 is 11.9 Å². The minimum atomic E-state index is -2.15. The second-order valence-electron chi connectivity index (χ2n) is 42.7. The Kier molecular flexibility index (Phi) is 23.6. The van der Waals surface area contributed by atoms with Crippen molar-refractivity contribution in [2.24, 2.45) is 126 Å². The van der Waals surface area contributed by atoms with Crippen LogP contribution < -0.4 is 0 Å². The first-order chi connectivity index (χ1) is 56.7. The monoisotopic (exact) mass is 1730 g/mol. The maximum atomic E-state index is 17.2. The van der Waals surface area contributed by atoms with E-state index in [2.05, 4.69) is 0 Å². The average molecular weight is 1730 g/mol. The van der Waals surface area contributed by atoms with E-state index < -0.39 is 156 Å². The number of halogens is 6. The Labute approximate surface area is 718 Å². The van der Waals surface area contributed by atoms with Crippen molar-refractivity contribution < 1.29 is 114 Å². The summed E-state index contributed by atoms with van der Waals surface area (Å²) in [7, 11) is 0. The minimum absolute atomic E-state index is 0.00153. The second-order valence-corrected chi connectivity index (χ2v) is 43.0. The van der Waals surface area contributed by atoms with Gasteiger partial charge in [0, 0.05) is 87.8 Å². The lowest BCUT2D eigenvalue weighted by Crippen LogP contribution is -2.70. The van der Waals surface area contributed by atoms with Gasteiger partial charge in [0.25, 0.3) is 0 Å². The Hall–Kier alpha value is -5.86. The van der Waals surface area contributed by atoms with E-state index in [0.717, 1.165) is 24.0 Å². The third-order valence-electron chi connectivity index (χ3n) is 36.3. The van der Waals surface area contributed by atoms with Gasteiger partial charge in [-0.3, -0.25) is 47.9 Å². The molecule has 5 N–H and O–H groups in total. The first-order valence-electron chi connectivity index (χ1n) is 44.9. The number of Topliss-reactive ketones (excluding diaryl/α,β-unsaturated/α-hetero) is 4. The predicted molar refractivity (Wildman–Crippen MR) is 441 cm³/mol. The molecule has 1 heterocycles. The van der Waals surface area contributed by atoms with E-state index in [9.17, 15) is 73.5 Å². The molecule has 0 aromatic rings. The zero-order valence-corrected chi connectivity index (χ0v) is 74.4. The summed E-state index contributed by atoms with van der Waals surface area (Å²) in [5.74, 6) is -7.11. The van der Waals surface area contributed by atoms with Crippen molar-refractivity contribution in [3.63, 3.8) is 0 Å². The van der Waals surface area contributed by atoms with Crippen molar-refractivity contribution in [2.75, 3.05) is 19.1 Å². The van der Waals surface area contributed by atoms with Crippen LogP contribution in [0, 0.1) is 126 Å². The molecule has 1 saturated heterocycles. The topological polar surface area (TPSA) is 309 Å². The summed E-state index contributed by atoms with van der Waals surface area (Å²) >= 11 is 6.05. The number of ether oxygens (including phenoxy) is 4. The Morgan fingerprint density at radius 1 is 0.566 bits per heavy atom. The van der Waals surface area contributed by atoms with Crippen molar-refractivity contribution in [1.29, 1.82) is 0 Å². The molecule has 672 valence electrons. The summed E-state index contributed by atoms with van der Waals surface area (Å²) in [6.07, 6.45) is 14.4. The van der Waals surface area contributed by atoms with Crippen LogP contribution >= 0.6 is 11.6 Å². The second kappa shape index (κ2) is 31.2. The third kappa shape index (κ3) is 13.2. The first-order valence-corrected chi connectivity index (χ1v) is 45.4. The lowest BCUT2D eigenvalue weighted by molar-refractivity contribution is -0.250. The van der Waals surface area contributed by atoms with Gasteiger partial charge in [-0.1, -0.05) is 105 Å². The summed E-state index contributed by atoms with van der Waals surface area (Å²) in [6, 6.07) is 0. The van der Waals surface area contributed by atoms with Crippen molar-refractivity contribution in [3.05, 3.63) is 83.1 Å². The molecule has 0 bridgehead atoms. The zero-order chi connectivity index (χ0) is 89.7. The first kappa shape index (κ1) is 92.3. The smallest absolute Gasteiger partial charge is 0.306 e. The van der Waals surface area contributed by atoms with Crippen LogP contribution in [-0.4, -0.2) is 180 Å². The summed E-state index contributed by atoms with van der Waals surface area (Å²) in [6.45, 7) is 28.5. The molecule has 122 heavy (non-hydrogen) atoms. The number of fused-ring (bicyclic) bond motifs is 22. The van der Waals surface area contributed by atoms with Gasteiger partial charge in [-0.15, -0.1) is 11.6 Å². The molecule has 1 aliphatic heterocycles. The highest BCUT2D eigenvalue weighted by Gasteiger charge is 2.82. The van der Waals surface area contributed by atoms with Crippen LogP contribution in [0.1, 0.15) is 233 Å². The number of hydrogen-bond acceptors (Lipinski definition) is 19. The quantitative estimate of drug-likeness (QED) is 0.0689. The molecule has 34 unspecified atom stereocenters. The van der Waals surface area contributed by atoms with Gasteiger partial charge in [0.15, 0.2) is 69.0 Å². The summed E-state index contributed by atoms with van der Waals surface area (Å²) in [5, 5.41) is 56.3. The van der Waals surface area contributed by atoms with E-state index in [0.29, 0.717) is 76.2 Å². The van der Waals surface area contributed by atoms with E-state index >= 15 is 22.0 Å². The fourth-order valence-corrected chi connectivity index (χ4v) is 31.2. The predicted octanol–water partition coefficient (Wildman–Crippen LogP) is 14.5. The number of esters is 2. The van der Waals surface area contributed by atoms with Gasteiger partial charge < -0.3 is 44.5 Å². The zero-order valence-electron chi connectivity index (χ0n) is 73.7. The standard InChI is InChI=1S/C27H36F2O5.C24H32ClFO5.C24H31FO5.C22H29FO4/c1-5-6-7-23(33)34-14-21(31)24-15(2)10-17-18-12-20(28)19-11-16(30)8-9-26(19,4)27(18,29)22(32)13-25(17,24)3;1-20(2)30-19-10-16-15-6-5-13-9-14(27)7-8-21(13,3)23(15,26)17(28)11-22(16,4)24(19,31-20)18(29)12-25;1-12-7-16-15-9-18(25)17-8-14(27)5-6-23(17,3)22(15)19(28)10-24(16,4)21(12)20(29)11-30-13(2)26;1-12-9-17-15-6-8-21(27,13(2)24)20(15,4)11-18(26)22(17,23)19(3)7-5-14(25)10-16(12)19/h8-9,11,15,17-18,20,22,24,32H,5-7,10,12-14H2,1-4H3;9,15-17,19,28H,5-8,10-12H2,1-4H3;5-6,8,12,15-16,18-19,21-22,28H,7,9-11H2,1-4H3;5,7,10,12,15,17-18,26-27H,6,8-9,11H2,1-4H3. The maximum absolute atomic E-state index is 17.2. The van der Waals surface area contributed by atoms with Crippen LogP contribution in [0.15, 0.2) is 83.1 Å². The molecule has 0 aromatic heterocycles. The van der Waals surface area contributed by atoms with Gasteiger partial charge in [-0.25, -0.2) is 22.0 Å². The van der Waals surface area contributed by atoms with E-state index in [-0.39, 0.29) is 169 Å². The summed E-state index contributed by atoms with van der Waals surface area (Å²) < 4.78 is 105. The van der Waals surface area contributed by atoms with Crippen LogP contribution in [0.25, 0.3) is 0 Å². The molecule has 0 spiro atoms. The number of hydrogen-bond donors (Lipinski definition) is 5. The van der Waals surface area contributed by atoms with Crippen molar-refractivity contribution in [1.82, 2.24) is 0 Å². The molecular weight excluding hydrogens is 1600 g/mol. The van der Waals surface area contributed by atoms with Gasteiger partial charge in [0.2, 0.25) is 0 Å². The lowest BCUT2D eigenvalue weighted by Gasteiger charge is -2.63. The van der Waals surface area contributed by atoms with Crippen LogP contribution in [0.4, 0.5) is 22.0 Å². The van der Waals surface area contributed by atoms with Crippen molar-refractivity contribution in [3.8, 4) is 0 Å². The van der Waals surface area contributed by atoms with E-state index in [1.165, 1.54) is 56.4 Å². The Morgan fingerprint density at radius 3 is 1.70 bits per heavy atom. The fraction of sp³-hybridized carbons (Fsp3) is 0.753. The molecule has 25 heteroatoms. The van der Waals surface area contributed by atoms with Crippen LogP contribution in [-0.2, 0) is 66.9 Å². The molecule has 0 radical (unpaired) electrons. The minimum Gasteiger partial charge on any atom is -0.458 e. The Morgan fingerprint density at radius 2 is 1.10 bits per heavy atom. The number of aliphatic hydroxyl groups excluding tert-OH is 4. The Balaban J connectivity index is 0.000000133. The number of ketones is 8. The van der Waals surface area contributed by atoms with Gasteiger partial charge in [0.1, 0.15) is 36.8 Å². The number of unbranched alkanes of at least 4 members (excludes halogenated alkanes) is 1. The number of carbonyl (C=O) groups excluding carboxylic acids is 10. The van der Waals surface area contributed by atoms with E-state index in [4.69, 9.17) is 30.5 Å². The molecule has 17 rings (SSSR count). The molecule has 34 atom stereocenters. The SMILES string of the molecule is CC(=O)C1(O)CCC2C3CC(C)C4=CC(=O)C=CC4(C)C3(F)C(O)CC21C.CC(=O)OCC(=O)C1C(C)CC2C3CC(F)C4=CC(=O)C=CC4(C)C3C(O)CC21C.CC1(C)OC2CC3C4CCC5=CC(=O)CCC5(C)C4(F)C(O)CC3(C)C2(C(=O)CCl)O1.CCCCC(=O)OCC(=O)C1C(C)CC2C3CC(F)C4=CC(=O)C=CC4(C)C3(F)C(O)CC21C. The molecule has 17 aliphatic rings. The molecule has 13 fully saturated rings. The lowest BCUT2D eigenvalue weighted by atomic mass is 9.43. The highest BCUT2D eigenvalue weighted by molar-refractivity contribution is 6.29. The molecule has 16 aliphatic carbocycles. The van der Waals surface area contributed by atoms with Gasteiger partial charge in [0.05, 0.1) is 36.4 Å². The van der Waals surface area contributed by atoms with Crippen molar-refractivity contribution >= 4 is 69.8 Å². The third-order valence-corrected chi connectivity index (χ3v) is 36.5. The van der Waals surface area contributed by atoms with Crippen molar-refractivity contribution in [2.45, 2.75) is 310 Å². The van der Waals surface area contributed by atoms with Crippen LogP contribution in [0.3, 0.4) is 0 Å². The average Bonchev–Trinajstić information content (AvgIpc) is 1.56. The van der Waals surface area contributed by atoms with E-state index in [1.807, 2.05) is 69.2 Å². The van der Waals surface area contributed by atoms with E-state index in [1.54, 1.807) is 45.9 Å². The highest BCUT2D eigenvalue weighted by Crippen LogP contribution is 2.76. The maximum Gasteiger partial charge on any atom is 0.306 e. The Bertz CT molecular complexity index is 4590. The molecule has 0 aromatic carbocycles. The van der Waals surface area contributed by atoms with Gasteiger partial charge in [-0.05, 0) is 249 Å².